The van der Waals surface area contributed by atoms with Crippen LogP contribution in [0.5, 0.6) is 0 Å². The highest BCUT2D eigenvalue weighted by atomic mass is 16.4. The van der Waals surface area contributed by atoms with Gasteiger partial charge in [-0.2, -0.15) is 0 Å². The molecule has 0 saturated heterocycles. The molecule has 0 spiro atoms. The molecule has 0 unspecified atom stereocenters. The Bertz CT molecular complexity index is 371. The van der Waals surface area contributed by atoms with Gasteiger partial charge >= 0.3 is 5.97 Å². The largest absolute Gasteiger partial charge is 0.481 e. The maximum atomic E-state index is 10.8. The number of aliphatic carboxylic acids is 1. The fourth-order valence-electron chi connectivity index (χ4n) is 0.892. The first-order chi connectivity index (χ1) is 6.08. The molecule has 0 atom stereocenters. The summed E-state index contributed by atoms with van der Waals surface area (Å²) in [6, 6.07) is 1.24. The minimum absolute atomic E-state index is 0.00730. The molecule has 1 aromatic rings. The van der Waals surface area contributed by atoms with Crippen molar-refractivity contribution in [1.82, 2.24) is 9.97 Å². The van der Waals surface area contributed by atoms with Crippen molar-refractivity contribution in [3.8, 4) is 0 Å². The highest BCUT2D eigenvalue weighted by Crippen LogP contribution is 1.97. The van der Waals surface area contributed by atoms with Crippen LogP contribution in [0.3, 0.4) is 0 Å². The van der Waals surface area contributed by atoms with Crippen LogP contribution in [0, 0.1) is 0 Å². The summed E-state index contributed by atoms with van der Waals surface area (Å²) < 4.78 is 0. The van der Waals surface area contributed by atoms with Gasteiger partial charge in [0.2, 0.25) is 5.95 Å². The number of aromatic nitrogens is 2. The Morgan fingerprint density at radius 3 is 2.92 bits per heavy atom. The van der Waals surface area contributed by atoms with Gasteiger partial charge in [0.25, 0.3) is 5.56 Å². The van der Waals surface area contributed by atoms with Crippen LogP contribution in [-0.4, -0.2) is 21.0 Å². The zero-order chi connectivity index (χ0) is 9.84. The molecule has 0 amide bonds. The molecule has 0 aromatic carbocycles. The molecule has 1 heterocycles. The van der Waals surface area contributed by atoms with E-state index in [1.165, 1.54) is 6.07 Å². The van der Waals surface area contributed by atoms with Gasteiger partial charge in [-0.05, 0) is 0 Å². The monoisotopic (exact) mass is 183 g/mol. The number of aryl methyl sites for hydroxylation is 1. The Labute approximate surface area is 73.4 Å². The van der Waals surface area contributed by atoms with Gasteiger partial charge < -0.3 is 10.8 Å². The molecule has 0 radical (unpaired) electrons. The molecule has 0 fully saturated rings. The standard InChI is InChI=1S/C7H9N3O3/c8-7-9-4(1-2-6(12)13)3-5(11)10-7/h3H,1-2H2,(H,12,13)(H3,8,9,10,11). The van der Waals surface area contributed by atoms with Gasteiger partial charge in [0, 0.05) is 12.5 Å². The average molecular weight is 183 g/mol. The Morgan fingerprint density at radius 2 is 2.38 bits per heavy atom. The van der Waals surface area contributed by atoms with Crippen molar-refractivity contribution in [3.63, 3.8) is 0 Å². The fraction of sp³-hybridized carbons (Fsp3) is 0.286. The lowest BCUT2D eigenvalue weighted by molar-refractivity contribution is -0.136. The topological polar surface area (TPSA) is 109 Å². The highest BCUT2D eigenvalue weighted by Gasteiger charge is 2.02. The van der Waals surface area contributed by atoms with Crippen LogP contribution in [0.1, 0.15) is 12.1 Å². The van der Waals surface area contributed by atoms with Crippen molar-refractivity contribution < 1.29 is 9.90 Å². The molecule has 0 aliphatic carbocycles. The normalized spacial score (nSPS) is 9.85. The first kappa shape index (κ1) is 9.24. The number of anilines is 1. The zero-order valence-electron chi connectivity index (χ0n) is 6.78. The molecule has 70 valence electrons. The van der Waals surface area contributed by atoms with Crippen molar-refractivity contribution >= 4 is 11.9 Å². The van der Waals surface area contributed by atoms with E-state index < -0.39 is 5.97 Å². The van der Waals surface area contributed by atoms with E-state index in [4.69, 9.17) is 10.8 Å². The summed E-state index contributed by atoms with van der Waals surface area (Å²) in [6.07, 6.45) is 0.152. The highest BCUT2D eigenvalue weighted by molar-refractivity contribution is 5.66. The molecule has 0 aliphatic rings. The Morgan fingerprint density at radius 1 is 1.69 bits per heavy atom. The van der Waals surface area contributed by atoms with E-state index in [0.29, 0.717) is 5.69 Å². The number of nitrogens with zero attached hydrogens (tertiary/aromatic N) is 1. The lowest BCUT2D eigenvalue weighted by Crippen LogP contribution is -2.12. The molecule has 6 heteroatoms. The minimum Gasteiger partial charge on any atom is -0.481 e. The molecule has 13 heavy (non-hydrogen) atoms. The van der Waals surface area contributed by atoms with E-state index >= 15 is 0 Å². The number of carboxylic acid groups (broad SMARTS) is 1. The summed E-state index contributed by atoms with van der Waals surface area (Å²) in [5.41, 5.74) is 5.28. The number of hydrogen-bond acceptors (Lipinski definition) is 4. The number of rotatable bonds is 3. The van der Waals surface area contributed by atoms with E-state index in [9.17, 15) is 9.59 Å². The van der Waals surface area contributed by atoms with Crippen LogP contribution in [-0.2, 0) is 11.2 Å². The average Bonchev–Trinajstić information content (AvgIpc) is 1.99. The van der Waals surface area contributed by atoms with Gasteiger partial charge in [-0.25, -0.2) is 4.98 Å². The summed E-state index contributed by atoms with van der Waals surface area (Å²) in [7, 11) is 0. The molecule has 0 aliphatic heterocycles. The van der Waals surface area contributed by atoms with Crippen LogP contribution < -0.4 is 11.3 Å². The molecule has 0 bridgehead atoms. The van der Waals surface area contributed by atoms with Crippen molar-refractivity contribution in [2.45, 2.75) is 12.8 Å². The number of carboxylic acids is 1. The van der Waals surface area contributed by atoms with E-state index in [2.05, 4.69) is 9.97 Å². The quantitative estimate of drug-likeness (QED) is 0.578. The Balaban J connectivity index is 2.77. The van der Waals surface area contributed by atoms with Crippen LogP contribution in [0.25, 0.3) is 0 Å². The third-order valence-electron chi connectivity index (χ3n) is 1.41. The first-order valence-corrected chi connectivity index (χ1v) is 3.65. The fourth-order valence-corrected chi connectivity index (χ4v) is 0.892. The molecule has 6 nitrogen and oxygen atoms in total. The molecular weight excluding hydrogens is 174 g/mol. The van der Waals surface area contributed by atoms with Crippen LogP contribution in [0.2, 0.25) is 0 Å². The van der Waals surface area contributed by atoms with Crippen LogP contribution in [0.15, 0.2) is 10.9 Å². The van der Waals surface area contributed by atoms with Crippen molar-refractivity contribution in [3.05, 3.63) is 22.1 Å². The summed E-state index contributed by atoms with van der Waals surface area (Å²) in [4.78, 5) is 27.1. The van der Waals surface area contributed by atoms with Gasteiger partial charge in [-0.3, -0.25) is 14.6 Å². The van der Waals surface area contributed by atoms with Crippen molar-refractivity contribution in [2.75, 3.05) is 5.73 Å². The van der Waals surface area contributed by atoms with E-state index in [-0.39, 0.29) is 24.3 Å². The number of carbonyl (C=O) groups is 1. The minimum atomic E-state index is -0.930. The third-order valence-corrected chi connectivity index (χ3v) is 1.41. The summed E-state index contributed by atoms with van der Waals surface area (Å²) in [5, 5.41) is 8.37. The third kappa shape index (κ3) is 2.94. The number of nitrogens with one attached hydrogen (secondary N) is 1. The SMILES string of the molecule is Nc1nc(CCC(=O)O)cc(=O)[nH]1. The van der Waals surface area contributed by atoms with Crippen LogP contribution >= 0.6 is 0 Å². The number of hydrogen-bond donors (Lipinski definition) is 3. The van der Waals surface area contributed by atoms with Crippen molar-refractivity contribution in [1.29, 1.82) is 0 Å². The van der Waals surface area contributed by atoms with Crippen molar-refractivity contribution in [2.24, 2.45) is 0 Å². The van der Waals surface area contributed by atoms with E-state index in [0.717, 1.165) is 0 Å². The predicted molar refractivity (Wildman–Crippen MR) is 45.2 cm³/mol. The molecule has 4 N–H and O–H groups in total. The summed E-state index contributed by atoms with van der Waals surface area (Å²) >= 11 is 0. The Hall–Kier alpha value is -1.85. The number of H-pyrrole nitrogens is 1. The first-order valence-electron chi connectivity index (χ1n) is 3.65. The molecule has 1 rings (SSSR count). The smallest absolute Gasteiger partial charge is 0.303 e. The predicted octanol–water partition coefficient (Wildman–Crippen LogP) is -0.631. The van der Waals surface area contributed by atoms with Gasteiger partial charge in [0.15, 0.2) is 0 Å². The van der Waals surface area contributed by atoms with E-state index in [1.54, 1.807) is 0 Å². The Kier molecular flexibility index (Phi) is 2.63. The van der Waals surface area contributed by atoms with E-state index in [1.807, 2.05) is 0 Å². The molecule has 1 aromatic heterocycles. The summed E-state index contributed by atoms with van der Waals surface area (Å²) in [5.74, 6) is -0.923. The number of nitrogen functional groups attached to an aromatic ring is 1. The van der Waals surface area contributed by atoms with Gasteiger partial charge in [0.1, 0.15) is 0 Å². The second kappa shape index (κ2) is 3.70. The zero-order valence-corrected chi connectivity index (χ0v) is 6.78. The van der Waals surface area contributed by atoms with Gasteiger partial charge in [-0.1, -0.05) is 0 Å². The second-order valence-electron chi connectivity index (χ2n) is 2.52. The lowest BCUT2D eigenvalue weighted by atomic mass is 10.2. The second-order valence-corrected chi connectivity index (χ2v) is 2.52. The lowest BCUT2D eigenvalue weighted by Gasteiger charge is -1.97. The number of nitrogens with two attached hydrogens (primary N) is 1. The number of aromatic amines is 1. The maximum Gasteiger partial charge on any atom is 0.303 e. The molecule has 0 saturated carbocycles. The maximum absolute atomic E-state index is 10.8. The van der Waals surface area contributed by atoms with Gasteiger partial charge in [-0.15, -0.1) is 0 Å². The van der Waals surface area contributed by atoms with Crippen LogP contribution in [0.4, 0.5) is 5.95 Å². The molecular formula is C7H9N3O3. The van der Waals surface area contributed by atoms with Gasteiger partial charge in [0.05, 0.1) is 12.1 Å². The summed E-state index contributed by atoms with van der Waals surface area (Å²) in [6.45, 7) is 0.